The highest BCUT2D eigenvalue weighted by molar-refractivity contribution is 7.11. The molecule has 1 aromatic carbocycles. The Morgan fingerprint density at radius 1 is 1.25 bits per heavy atom. The molecule has 1 aromatic heterocycles. The lowest BCUT2D eigenvalue weighted by Crippen LogP contribution is -2.36. The van der Waals surface area contributed by atoms with E-state index in [0.717, 1.165) is 28.8 Å². The lowest BCUT2D eigenvalue weighted by molar-refractivity contribution is 0.185. The predicted octanol–water partition coefficient (Wildman–Crippen LogP) is 3.16. The second kappa shape index (κ2) is 9.39. The minimum Gasteiger partial charge on any atom is -0.380 e. The number of aliphatic imine (C=N–C) groups is 1. The van der Waals surface area contributed by atoms with Gasteiger partial charge in [-0.25, -0.2) is 9.98 Å². The van der Waals surface area contributed by atoms with Crippen LogP contribution in [0.2, 0.25) is 0 Å². The van der Waals surface area contributed by atoms with Crippen LogP contribution >= 0.6 is 11.3 Å². The maximum Gasteiger partial charge on any atom is 0.191 e. The van der Waals surface area contributed by atoms with Gasteiger partial charge < -0.3 is 15.4 Å². The molecule has 0 radical (unpaired) electrons. The number of aromatic nitrogens is 1. The van der Waals surface area contributed by atoms with E-state index in [2.05, 4.69) is 52.7 Å². The van der Waals surface area contributed by atoms with Crippen LogP contribution in [0.1, 0.15) is 33.6 Å². The third-order valence-electron chi connectivity index (χ3n) is 3.55. The molecule has 2 aromatic rings. The number of thiazole rings is 1. The Bertz CT molecular complexity index is 662. The largest absolute Gasteiger partial charge is 0.380 e. The van der Waals surface area contributed by atoms with Crippen LogP contribution in [-0.4, -0.2) is 24.6 Å². The van der Waals surface area contributed by atoms with Gasteiger partial charge in [0.05, 0.1) is 25.4 Å². The number of benzene rings is 1. The van der Waals surface area contributed by atoms with Crippen molar-refractivity contribution in [1.82, 2.24) is 15.6 Å². The topological polar surface area (TPSA) is 58.5 Å². The van der Waals surface area contributed by atoms with E-state index in [1.807, 2.05) is 13.0 Å². The van der Waals surface area contributed by atoms with Crippen molar-refractivity contribution >= 4 is 17.3 Å². The van der Waals surface area contributed by atoms with E-state index in [-0.39, 0.29) is 0 Å². The van der Waals surface area contributed by atoms with Gasteiger partial charge >= 0.3 is 0 Å². The van der Waals surface area contributed by atoms with Gasteiger partial charge in [-0.3, -0.25) is 0 Å². The zero-order valence-corrected chi connectivity index (χ0v) is 15.7. The third-order valence-corrected chi connectivity index (χ3v) is 4.62. The molecule has 0 aliphatic heterocycles. The number of hydrogen-bond donors (Lipinski definition) is 2. The highest BCUT2D eigenvalue weighted by atomic mass is 32.1. The van der Waals surface area contributed by atoms with Gasteiger partial charge in [0, 0.05) is 18.5 Å². The summed E-state index contributed by atoms with van der Waals surface area (Å²) in [4.78, 5) is 10.5. The summed E-state index contributed by atoms with van der Waals surface area (Å²) in [6, 6.07) is 8.32. The fourth-order valence-corrected chi connectivity index (χ4v) is 3.14. The number of nitrogens with one attached hydrogen (secondary N) is 2. The zero-order chi connectivity index (χ0) is 17.4. The van der Waals surface area contributed by atoms with Crippen LogP contribution in [0.25, 0.3) is 0 Å². The number of nitrogens with zero attached hydrogens (tertiary/aromatic N) is 2. The molecular weight excluding hydrogens is 320 g/mol. The van der Waals surface area contributed by atoms with E-state index < -0.39 is 0 Å². The van der Waals surface area contributed by atoms with Gasteiger partial charge in [0.25, 0.3) is 0 Å². The normalized spacial score (nSPS) is 11.6. The summed E-state index contributed by atoms with van der Waals surface area (Å²) < 4.78 is 5.18. The molecule has 0 fully saturated rings. The molecule has 2 rings (SSSR count). The van der Waals surface area contributed by atoms with Gasteiger partial charge in [0.2, 0.25) is 0 Å². The molecular formula is C18H26N4OS. The number of methoxy groups -OCH3 is 1. The summed E-state index contributed by atoms with van der Waals surface area (Å²) in [6.07, 6.45) is 0. The smallest absolute Gasteiger partial charge is 0.191 e. The fraction of sp³-hybridized carbons (Fsp3) is 0.444. The van der Waals surface area contributed by atoms with Crippen LogP contribution < -0.4 is 10.6 Å². The summed E-state index contributed by atoms with van der Waals surface area (Å²) in [7, 11) is 1.71. The molecule has 0 aliphatic rings. The Morgan fingerprint density at radius 3 is 2.71 bits per heavy atom. The Kier molecular flexibility index (Phi) is 7.21. The van der Waals surface area contributed by atoms with Crippen molar-refractivity contribution < 1.29 is 4.74 Å². The summed E-state index contributed by atoms with van der Waals surface area (Å²) >= 11 is 1.73. The Labute approximate surface area is 148 Å². The van der Waals surface area contributed by atoms with E-state index in [4.69, 9.17) is 4.74 Å². The van der Waals surface area contributed by atoms with Gasteiger partial charge in [0.15, 0.2) is 5.96 Å². The van der Waals surface area contributed by atoms with Gasteiger partial charge in [-0.1, -0.05) is 24.3 Å². The molecule has 0 saturated carbocycles. The van der Waals surface area contributed by atoms with Crippen molar-refractivity contribution in [3.63, 3.8) is 0 Å². The maximum atomic E-state index is 5.18. The summed E-state index contributed by atoms with van der Waals surface area (Å²) in [5, 5.41) is 7.71. The maximum absolute atomic E-state index is 5.18. The Morgan fingerprint density at radius 2 is 2.04 bits per heavy atom. The van der Waals surface area contributed by atoms with Crippen molar-refractivity contribution in [1.29, 1.82) is 0 Å². The monoisotopic (exact) mass is 346 g/mol. The third kappa shape index (κ3) is 5.62. The molecule has 0 atom stereocenters. The number of hydrogen-bond acceptors (Lipinski definition) is 4. The zero-order valence-electron chi connectivity index (χ0n) is 14.8. The van der Waals surface area contributed by atoms with Crippen molar-refractivity contribution in [2.45, 2.75) is 40.5 Å². The minimum absolute atomic E-state index is 0.624. The highest BCUT2D eigenvalue weighted by Crippen LogP contribution is 2.15. The highest BCUT2D eigenvalue weighted by Gasteiger charge is 2.05. The van der Waals surface area contributed by atoms with Crippen LogP contribution in [0, 0.1) is 13.8 Å². The average Bonchev–Trinajstić information content (AvgIpc) is 2.89. The van der Waals surface area contributed by atoms with Crippen LogP contribution in [0.15, 0.2) is 29.3 Å². The van der Waals surface area contributed by atoms with Crippen LogP contribution in [0.5, 0.6) is 0 Å². The molecule has 1 heterocycles. The van der Waals surface area contributed by atoms with Gasteiger partial charge in [-0.2, -0.15) is 0 Å². The van der Waals surface area contributed by atoms with Crippen molar-refractivity contribution in [2.24, 2.45) is 4.99 Å². The number of ether oxygens (including phenoxy) is 1. The van der Waals surface area contributed by atoms with E-state index >= 15 is 0 Å². The van der Waals surface area contributed by atoms with E-state index in [1.54, 1.807) is 18.4 Å². The van der Waals surface area contributed by atoms with E-state index in [0.29, 0.717) is 19.7 Å². The average molecular weight is 347 g/mol. The first kappa shape index (κ1) is 18.4. The molecule has 0 amide bonds. The van der Waals surface area contributed by atoms with Gasteiger partial charge in [-0.15, -0.1) is 11.3 Å². The molecule has 0 spiro atoms. The first-order chi connectivity index (χ1) is 11.6. The van der Waals surface area contributed by atoms with Crippen molar-refractivity contribution in [3.8, 4) is 0 Å². The Balaban J connectivity index is 1.98. The molecule has 0 bridgehead atoms. The number of guanidine groups is 1. The Hall–Kier alpha value is -1.92. The summed E-state index contributed by atoms with van der Waals surface area (Å²) in [5.41, 5.74) is 3.44. The predicted molar refractivity (Wildman–Crippen MR) is 100 cm³/mol. The molecule has 0 aliphatic carbocycles. The molecule has 5 nitrogen and oxygen atoms in total. The van der Waals surface area contributed by atoms with Gasteiger partial charge in [0.1, 0.15) is 5.01 Å². The van der Waals surface area contributed by atoms with Crippen molar-refractivity contribution in [3.05, 3.63) is 51.0 Å². The molecule has 24 heavy (non-hydrogen) atoms. The standard InChI is InChI=1S/C18H26N4OS/c1-5-19-18(21-11-17-22-13(2)14(3)24-17)20-10-15-7-6-8-16(9-15)12-23-4/h6-9H,5,10-12H2,1-4H3,(H2,19,20,21). The number of aryl methyl sites for hydroxylation is 2. The molecule has 130 valence electrons. The summed E-state index contributed by atoms with van der Waals surface area (Å²) in [6.45, 7) is 8.97. The molecule has 2 N–H and O–H groups in total. The number of rotatable bonds is 7. The van der Waals surface area contributed by atoms with Crippen LogP contribution in [-0.2, 0) is 24.4 Å². The summed E-state index contributed by atoms with van der Waals surface area (Å²) in [5.74, 6) is 0.806. The quantitative estimate of drug-likeness (QED) is 0.597. The van der Waals surface area contributed by atoms with Crippen molar-refractivity contribution in [2.75, 3.05) is 13.7 Å². The lowest BCUT2D eigenvalue weighted by Gasteiger charge is -2.10. The molecule has 6 heteroatoms. The van der Waals surface area contributed by atoms with Gasteiger partial charge in [-0.05, 0) is 31.9 Å². The first-order valence-electron chi connectivity index (χ1n) is 8.14. The van der Waals surface area contributed by atoms with Crippen LogP contribution in [0.3, 0.4) is 0 Å². The SMILES string of the molecule is CCNC(=NCc1cccc(COC)c1)NCc1nc(C)c(C)s1. The minimum atomic E-state index is 0.624. The molecule has 0 saturated heterocycles. The van der Waals surface area contributed by atoms with E-state index in [9.17, 15) is 0 Å². The van der Waals surface area contributed by atoms with Crippen LogP contribution in [0.4, 0.5) is 0 Å². The lowest BCUT2D eigenvalue weighted by atomic mass is 10.1. The second-order valence-corrected chi connectivity index (χ2v) is 6.84. The first-order valence-corrected chi connectivity index (χ1v) is 8.95. The van der Waals surface area contributed by atoms with E-state index in [1.165, 1.54) is 10.4 Å². The second-order valence-electron chi connectivity index (χ2n) is 5.55. The fourth-order valence-electron chi connectivity index (χ4n) is 2.27. The molecule has 0 unspecified atom stereocenters.